The van der Waals surface area contributed by atoms with Gasteiger partial charge in [0.25, 0.3) is 5.56 Å². The second kappa shape index (κ2) is 5.35. The summed E-state index contributed by atoms with van der Waals surface area (Å²) in [5.41, 5.74) is 0.795. The van der Waals surface area contributed by atoms with Gasteiger partial charge in [0.2, 0.25) is 5.91 Å². The van der Waals surface area contributed by atoms with Crippen molar-refractivity contribution in [2.45, 2.75) is 32.8 Å². The smallest absolute Gasteiger partial charge is 0.271 e. The van der Waals surface area contributed by atoms with Crippen LogP contribution in [0.2, 0.25) is 0 Å². The molecule has 0 aliphatic carbocycles. The number of aromatic amines is 1. The van der Waals surface area contributed by atoms with Crippen LogP contribution >= 0.6 is 0 Å². The number of amides is 1. The quantitative estimate of drug-likeness (QED) is 0.834. The van der Waals surface area contributed by atoms with Crippen LogP contribution in [0.25, 0.3) is 0 Å². The number of ether oxygens (including phenoxy) is 1. The number of nitrogens with one attached hydrogen (secondary N) is 2. The van der Waals surface area contributed by atoms with Gasteiger partial charge in [-0.05, 0) is 38.8 Å². The highest BCUT2D eigenvalue weighted by Crippen LogP contribution is 2.21. The van der Waals surface area contributed by atoms with Crippen molar-refractivity contribution < 1.29 is 9.53 Å². The van der Waals surface area contributed by atoms with Crippen molar-refractivity contribution >= 4 is 11.6 Å². The summed E-state index contributed by atoms with van der Waals surface area (Å²) >= 11 is 0. The summed E-state index contributed by atoms with van der Waals surface area (Å²) in [7, 11) is 0. The van der Waals surface area contributed by atoms with Gasteiger partial charge in [-0.15, -0.1) is 0 Å². The Kier molecular flexibility index (Phi) is 3.81. The molecule has 1 aliphatic rings. The molecule has 18 heavy (non-hydrogen) atoms. The average molecular weight is 250 g/mol. The summed E-state index contributed by atoms with van der Waals surface area (Å²) < 4.78 is 5.45. The van der Waals surface area contributed by atoms with Crippen LogP contribution in [0.4, 0.5) is 5.69 Å². The Hall–Kier alpha value is -1.62. The van der Waals surface area contributed by atoms with Gasteiger partial charge in [-0.3, -0.25) is 9.59 Å². The molecule has 1 fully saturated rings. The number of carbonyl (C=O) groups is 1. The van der Waals surface area contributed by atoms with Gasteiger partial charge in [0.05, 0.1) is 12.0 Å². The Morgan fingerprint density at radius 3 is 2.94 bits per heavy atom. The van der Waals surface area contributed by atoms with E-state index in [4.69, 9.17) is 4.74 Å². The van der Waals surface area contributed by atoms with Crippen LogP contribution < -0.4 is 10.9 Å². The van der Waals surface area contributed by atoms with Crippen molar-refractivity contribution in [2.75, 3.05) is 11.9 Å². The van der Waals surface area contributed by atoms with Crippen LogP contribution in [0, 0.1) is 12.8 Å². The number of pyridine rings is 1. The summed E-state index contributed by atoms with van der Waals surface area (Å²) in [6.07, 6.45) is 1.59. The van der Waals surface area contributed by atoms with E-state index in [1.807, 2.05) is 6.92 Å². The molecule has 1 aromatic rings. The molecular weight excluding hydrogens is 232 g/mol. The fourth-order valence-corrected chi connectivity index (χ4v) is 2.16. The van der Waals surface area contributed by atoms with E-state index in [9.17, 15) is 9.59 Å². The Balaban J connectivity index is 2.08. The Morgan fingerprint density at radius 1 is 1.50 bits per heavy atom. The number of aromatic nitrogens is 1. The molecule has 0 unspecified atom stereocenters. The third kappa shape index (κ3) is 2.79. The molecule has 0 radical (unpaired) electrons. The van der Waals surface area contributed by atoms with Crippen LogP contribution in [-0.4, -0.2) is 23.6 Å². The lowest BCUT2D eigenvalue weighted by atomic mass is 9.94. The zero-order valence-electron chi connectivity index (χ0n) is 10.7. The third-order valence-electron chi connectivity index (χ3n) is 3.26. The third-order valence-corrected chi connectivity index (χ3v) is 3.26. The second-order valence-electron chi connectivity index (χ2n) is 4.70. The Morgan fingerprint density at radius 2 is 2.28 bits per heavy atom. The van der Waals surface area contributed by atoms with E-state index in [1.54, 1.807) is 19.1 Å². The maximum atomic E-state index is 12.1. The zero-order chi connectivity index (χ0) is 13.1. The molecule has 1 amide bonds. The maximum absolute atomic E-state index is 12.1. The minimum Gasteiger partial charge on any atom is -0.378 e. The molecule has 0 aromatic carbocycles. The lowest BCUT2D eigenvalue weighted by Crippen LogP contribution is -2.37. The standard InChI is InChI=1S/C13H18N2O3/c1-8-5-6-11(13(17)14-8)15-12(16)10-4-3-7-18-9(10)2/h5-6,9-10H,3-4,7H2,1-2H3,(H,14,17)(H,15,16)/t9-,10+/m1/s1. The minimum absolute atomic E-state index is 0.0942. The zero-order valence-corrected chi connectivity index (χ0v) is 10.7. The highest BCUT2D eigenvalue weighted by atomic mass is 16.5. The molecular formula is C13H18N2O3. The molecule has 2 heterocycles. The molecule has 1 saturated heterocycles. The van der Waals surface area contributed by atoms with Crippen molar-refractivity contribution in [3.8, 4) is 0 Å². The molecule has 0 bridgehead atoms. The first-order valence-electron chi connectivity index (χ1n) is 6.20. The number of H-pyrrole nitrogens is 1. The topological polar surface area (TPSA) is 71.2 Å². The number of rotatable bonds is 2. The molecule has 5 nitrogen and oxygen atoms in total. The van der Waals surface area contributed by atoms with Gasteiger partial charge in [0.15, 0.2) is 0 Å². The normalized spacial score (nSPS) is 23.7. The van der Waals surface area contributed by atoms with Gasteiger partial charge in [0.1, 0.15) is 5.69 Å². The SMILES string of the molecule is Cc1ccc(NC(=O)[C@H]2CCCO[C@@H]2C)c(=O)[nH]1. The van der Waals surface area contributed by atoms with Crippen LogP contribution in [0.5, 0.6) is 0 Å². The highest BCUT2D eigenvalue weighted by Gasteiger charge is 2.28. The summed E-state index contributed by atoms with van der Waals surface area (Å²) in [5, 5.41) is 2.67. The molecule has 1 aromatic heterocycles. The molecule has 2 rings (SSSR count). The number of aryl methyl sites for hydroxylation is 1. The van der Waals surface area contributed by atoms with Crippen molar-refractivity contribution in [1.29, 1.82) is 0 Å². The second-order valence-corrected chi connectivity index (χ2v) is 4.70. The molecule has 1 aliphatic heterocycles. The van der Waals surface area contributed by atoms with E-state index < -0.39 is 0 Å². The van der Waals surface area contributed by atoms with E-state index in [-0.39, 0.29) is 23.5 Å². The summed E-state index contributed by atoms with van der Waals surface area (Å²) in [4.78, 5) is 26.4. The van der Waals surface area contributed by atoms with Gasteiger partial charge in [-0.2, -0.15) is 0 Å². The molecule has 0 saturated carbocycles. The van der Waals surface area contributed by atoms with Crippen LogP contribution in [-0.2, 0) is 9.53 Å². The van der Waals surface area contributed by atoms with Gasteiger partial charge in [-0.25, -0.2) is 0 Å². The average Bonchev–Trinajstić information content (AvgIpc) is 2.33. The van der Waals surface area contributed by atoms with Crippen molar-refractivity contribution in [3.63, 3.8) is 0 Å². The fourth-order valence-electron chi connectivity index (χ4n) is 2.16. The highest BCUT2D eigenvalue weighted by molar-refractivity contribution is 5.92. The van der Waals surface area contributed by atoms with E-state index in [2.05, 4.69) is 10.3 Å². The van der Waals surface area contributed by atoms with E-state index >= 15 is 0 Å². The first-order chi connectivity index (χ1) is 8.58. The molecule has 5 heteroatoms. The van der Waals surface area contributed by atoms with Gasteiger partial charge in [0, 0.05) is 12.3 Å². The maximum Gasteiger partial charge on any atom is 0.271 e. The lowest BCUT2D eigenvalue weighted by molar-refractivity contribution is -0.127. The minimum atomic E-state index is -0.271. The molecule has 2 atom stereocenters. The van der Waals surface area contributed by atoms with Crippen LogP contribution in [0.3, 0.4) is 0 Å². The lowest BCUT2D eigenvalue weighted by Gasteiger charge is -2.27. The largest absolute Gasteiger partial charge is 0.378 e. The number of carbonyl (C=O) groups excluding carboxylic acids is 1. The van der Waals surface area contributed by atoms with E-state index in [0.29, 0.717) is 12.3 Å². The monoisotopic (exact) mass is 250 g/mol. The number of anilines is 1. The van der Waals surface area contributed by atoms with Crippen molar-refractivity contribution in [1.82, 2.24) is 4.98 Å². The van der Waals surface area contributed by atoms with Crippen molar-refractivity contribution in [2.24, 2.45) is 5.92 Å². The van der Waals surface area contributed by atoms with Crippen LogP contribution in [0.15, 0.2) is 16.9 Å². The Bertz CT molecular complexity index is 495. The first kappa shape index (κ1) is 12.8. The number of hydrogen-bond acceptors (Lipinski definition) is 3. The molecule has 0 spiro atoms. The molecule has 2 N–H and O–H groups in total. The summed E-state index contributed by atoms with van der Waals surface area (Å²) in [5.74, 6) is -0.323. The van der Waals surface area contributed by atoms with E-state index in [0.717, 1.165) is 18.5 Å². The van der Waals surface area contributed by atoms with Gasteiger partial charge >= 0.3 is 0 Å². The molecule has 98 valence electrons. The summed E-state index contributed by atoms with van der Waals surface area (Å²) in [6.45, 7) is 4.39. The fraction of sp³-hybridized carbons (Fsp3) is 0.538. The number of hydrogen-bond donors (Lipinski definition) is 2. The summed E-state index contributed by atoms with van der Waals surface area (Å²) in [6, 6.07) is 3.39. The van der Waals surface area contributed by atoms with Gasteiger partial charge in [-0.1, -0.05) is 0 Å². The van der Waals surface area contributed by atoms with Crippen LogP contribution in [0.1, 0.15) is 25.5 Å². The first-order valence-corrected chi connectivity index (χ1v) is 6.20. The Labute approximate surface area is 106 Å². The predicted molar refractivity (Wildman–Crippen MR) is 68.6 cm³/mol. The predicted octanol–water partition coefficient (Wildman–Crippen LogP) is 1.44. The van der Waals surface area contributed by atoms with Crippen molar-refractivity contribution in [3.05, 3.63) is 28.2 Å². The van der Waals surface area contributed by atoms with E-state index in [1.165, 1.54) is 0 Å². The van der Waals surface area contributed by atoms with Gasteiger partial charge < -0.3 is 15.0 Å².